The lowest BCUT2D eigenvalue weighted by molar-refractivity contribution is 0.0969. The van der Waals surface area contributed by atoms with Gasteiger partial charge in [-0.3, -0.25) is 14.5 Å². The van der Waals surface area contributed by atoms with E-state index in [0.29, 0.717) is 39.6 Å². The number of anilines is 1. The van der Waals surface area contributed by atoms with Crippen LogP contribution < -0.4 is 19.8 Å². The molecule has 0 N–H and O–H groups in total. The topological polar surface area (TPSA) is 95.0 Å². The van der Waals surface area contributed by atoms with Crippen LogP contribution in [0.2, 0.25) is 0 Å². The van der Waals surface area contributed by atoms with Crippen LogP contribution in [0.4, 0.5) is 5.82 Å². The number of hydrogen-bond donors (Lipinski definition) is 0. The zero-order valence-electron chi connectivity index (χ0n) is 18.0. The van der Waals surface area contributed by atoms with Crippen molar-refractivity contribution in [2.45, 2.75) is 19.9 Å². The maximum absolute atomic E-state index is 13.6. The SMILES string of the molecule is COc1ccc([C@H]2c3c(oc4ccc(C)cc4c3=O)C(=O)N2c2cc(C)on2)cc1OC. The predicted molar refractivity (Wildman–Crippen MR) is 117 cm³/mol. The van der Waals surface area contributed by atoms with Crippen molar-refractivity contribution < 1.29 is 23.2 Å². The summed E-state index contributed by atoms with van der Waals surface area (Å²) in [5, 5.41) is 4.44. The summed E-state index contributed by atoms with van der Waals surface area (Å²) in [6, 6.07) is 11.4. The monoisotopic (exact) mass is 432 g/mol. The molecule has 1 aliphatic rings. The van der Waals surface area contributed by atoms with Gasteiger partial charge in [-0.15, -0.1) is 0 Å². The fourth-order valence-electron chi connectivity index (χ4n) is 4.13. The summed E-state index contributed by atoms with van der Waals surface area (Å²) in [7, 11) is 3.07. The van der Waals surface area contributed by atoms with Gasteiger partial charge >= 0.3 is 0 Å². The summed E-state index contributed by atoms with van der Waals surface area (Å²) in [6.45, 7) is 3.63. The molecule has 0 radical (unpaired) electrons. The highest BCUT2D eigenvalue weighted by atomic mass is 16.5. The van der Waals surface area contributed by atoms with E-state index in [4.69, 9.17) is 18.4 Å². The highest BCUT2D eigenvalue weighted by Crippen LogP contribution is 2.43. The zero-order chi connectivity index (χ0) is 22.6. The van der Waals surface area contributed by atoms with Crippen LogP contribution in [0.25, 0.3) is 11.0 Å². The summed E-state index contributed by atoms with van der Waals surface area (Å²) in [6.07, 6.45) is 0. The minimum Gasteiger partial charge on any atom is -0.493 e. The van der Waals surface area contributed by atoms with Crippen molar-refractivity contribution in [1.82, 2.24) is 5.16 Å². The normalized spacial score (nSPS) is 15.3. The van der Waals surface area contributed by atoms with Crippen LogP contribution in [-0.2, 0) is 0 Å². The summed E-state index contributed by atoms with van der Waals surface area (Å²) in [5.74, 6) is 1.36. The molecule has 2 aromatic heterocycles. The minimum absolute atomic E-state index is 0.00760. The van der Waals surface area contributed by atoms with Crippen molar-refractivity contribution in [1.29, 1.82) is 0 Å². The first kappa shape index (κ1) is 19.9. The third-order valence-corrected chi connectivity index (χ3v) is 5.61. The van der Waals surface area contributed by atoms with E-state index >= 15 is 0 Å². The number of fused-ring (bicyclic) bond motifs is 2. The Morgan fingerprint density at radius 2 is 1.75 bits per heavy atom. The Labute approximate surface area is 182 Å². The molecule has 8 heteroatoms. The van der Waals surface area contributed by atoms with Gasteiger partial charge in [-0.1, -0.05) is 22.9 Å². The lowest BCUT2D eigenvalue weighted by Crippen LogP contribution is -2.29. The minimum atomic E-state index is -0.775. The van der Waals surface area contributed by atoms with Crippen molar-refractivity contribution in [3.05, 3.63) is 80.9 Å². The number of carbonyl (C=O) groups is 1. The quantitative estimate of drug-likeness (QED) is 0.478. The number of rotatable bonds is 4. The predicted octanol–water partition coefficient (Wildman–Crippen LogP) is 4.16. The first-order valence-electron chi connectivity index (χ1n) is 9.99. The van der Waals surface area contributed by atoms with Crippen molar-refractivity contribution in [3.63, 3.8) is 0 Å². The summed E-state index contributed by atoms with van der Waals surface area (Å²) < 4.78 is 22.0. The van der Waals surface area contributed by atoms with Gasteiger partial charge in [0, 0.05) is 6.07 Å². The number of benzene rings is 2. The molecule has 0 aliphatic carbocycles. The van der Waals surface area contributed by atoms with Gasteiger partial charge < -0.3 is 18.4 Å². The molecule has 0 saturated heterocycles. The van der Waals surface area contributed by atoms with Crippen LogP contribution in [-0.4, -0.2) is 25.3 Å². The van der Waals surface area contributed by atoms with Crippen LogP contribution in [0.1, 0.15) is 39.0 Å². The van der Waals surface area contributed by atoms with Gasteiger partial charge in [-0.25, -0.2) is 0 Å². The number of aryl methyl sites for hydroxylation is 2. The standard InChI is InChI=1S/C24H20N2O6/c1-12-5-7-16-15(9-12)22(27)20-21(14-6-8-17(29-3)18(11-14)30-4)26(24(28)23(20)31-16)19-10-13(2)32-25-19/h5-11,21H,1-4H3/t21-/m0/s1. The van der Waals surface area contributed by atoms with E-state index in [0.717, 1.165) is 5.56 Å². The van der Waals surface area contributed by atoms with E-state index < -0.39 is 11.9 Å². The molecule has 0 fully saturated rings. The van der Waals surface area contributed by atoms with Crippen LogP contribution in [0.3, 0.4) is 0 Å². The third kappa shape index (κ3) is 2.87. The van der Waals surface area contributed by atoms with Crippen LogP contribution in [0.5, 0.6) is 11.5 Å². The summed E-state index contributed by atoms with van der Waals surface area (Å²) in [5.41, 5.74) is 1.91. The molecule has 0 saturated carbocycles. The molecule has 0 unspecified atom stereocenters. The van der Waals surface area contributed by atoms with Gasteiger partial charge in [0.1, 0.15) is 11.3 Å². The first-order chi connectivity index (χ1) is 15.4. The Bertz CT molecular complexity index is 1430. The Morgan fingerprint density at radius 3 is 2.44 bits per heavy atom. The van der Waals surface area contributed by atoms with Gasteiger partial charge in [0.05, 0.1) is 31.2 Å². The van der Waals surface area contributed by atoms with Gasteiger partial charge in [0.2, 0.25) is 5.76 Å². The second kappa shape index (κ2) is 7.26. The van der Waals surface area contributed by atoms with Gasteiger partial charge in [-0.2, -0.15) is 0 Å². The highest BCUT2D eigenvalue weighted by molar-refractivity contribution is 6.10. The largest absolute Gasteiger partial charge is 0.493 e. The molecule has 162 valence electrons. The molecule has 0 bridgehead atoms. The van der Waals surface area contributed by atoms with E-state index in [1.165, 1.54) is 12.0 Å². The second-order valence-electron chi connectivity index (χ2n) is 7.66. The van der Waals surface area contributed by atoms with Gasteiger partial charge in [0.25, 0.3) is 5.91 Å². The van der Waals surface area contributed by atoms with E-state index in [2.05, 4.69) is 5.16 Å². The maximum Gasteiger partial charge on any atom is 0.296 e. The number of ether oxygens (including phenoxy) is 2. The lowest BCUT2D eigenvalue weighted by atomic mass is 9.97. The zero-order valence-corrected chi connectivity index (χ0v) is 18.0. The van der Waals surface area contributed by atoms with Crippen molar-refractivity contribution in [2.75, 3.05) is 19.1 Å². The number of nitrogens with zero attached hydrogens (tertiary/aromatic N) is 2. The number of methoxy groups -OCH3 is 2. The molecule has 1 aliphatic heterocycles. The van der Waals surface area contributed by atoms with Crippen molar-refractivity contribution >= 4 is 22.7 Å². The molecule has 4 aromatic rings. The Morgan fingerprint density at radius 1 is 0.969 bits per heavy atom. The number of hydrogen-bond acceptors (Lipinski definition) is 7. The number of carbonyl (C=O) groups excluding carboxylic acids is 1. The third-order valence-electron chi connectivity index (χ3n) is 5.61. The Balaban J connectivity index is 1.81. The molecule has 0 spiro atoms. The summed E-state index contributed by atoms with van der Waals surface area (Å²) >= 11 is 0. The molecule has 1 amide bonds. The lowest BCUT2D eigenvalue weighted by Gasteiger charge is -2.23. The smallest absolute Gasteiger partial charge is 0.296 e. The number of amides is 1. The fraction of sp³-hybridized carbons (Fsp3) is 0.208. The fourth-order valence-corrected chi connectivity index (χ4v) is 4.13. The number of aromatic nitrogens is 1. The average Bonchev–Trinajstić information content (AvgIpc) is 3.34. The van der Waals surface area contributed by atoms with E-state index in [1.54, 1.807) is 50.4 Å². The van der Waals surface area contributed by atoms with Gasteiger partial charge in [0.15, 0.2) is 22.7 Å². The molecular formula is C24H20N2O6. The Kier molecular flexibility index (Phi) is 4.51. The first-order valence-corrected chi connectivity index (χ1v) is 9.99. The molecule has 3 heterocycles. The van der Waals surface area contributed by atoms with Crippen molar-refractivity contribution in [3.8, 4) is 11.5 Å². The molecule has 5 rings (SSSR count). The van der Waals surface area contributed by atoms with Crippen LogP contribution in [0.15, 0.2) is 56.2 Å². The molecular weight excluding hydrogens is 412 g/mol. The van der Waals surface area contributed by atoms with E-state index in [-0.39, 0.29) is 16.8 Å². The summed E-state index contributed by atoms with van der Waals surface area (Å²) in [4.78, 5) is 28.5. The van der Waals surface area contributed by atoms with Crippen LogP contribution >= 0.6 is 0 Å². The van der Waals surface area contributed by atoms with Gasteiger partial charge in [-0.05, 0) is 43.7 Å². The Hall–Kier alpha value is -4.07. The highest BCUT2D eigenvalue weighted by Gasteiger charge is 2.45. The molecule has 1 atom stereocenters. The molecule has 8 nitrogen and oxygen atoms in total. The molecule has 32 heavy (non-hydrogen) atoms. The second-order valence-corrected chi connectivity index (χ2v) is 7.66. The average molecular weight is 432 g/mol. The van der Waals surface area contributed by atoms with Crippen LogP contribution in [0, 0.1) is 13.8 Å². The maximum atomic E-state index is 13.6. The molecule has 2 aromatic carbocycles. The van der Waals surface area contributed by atoms with E-state index in [1.807, 2.05) is 13.0 Å². The van der Waals surface area contributed by atoms with E-state index in [9.17, 15) is 9.59 Å². The van der Waals surface area contributed by atoms with Crippen molar-refractivity contribution in [2.24, 2.45) is 0 Å².